The summed E-state index contributed by atoms with van der Waals surface area (Å²) in [4.78, 5) is 19.3. The van der Waals surface area contributed by atoms with Gasteiger partial charge in [-0.2, -0.15) is 0 Å². The molecule has 1 aromatic rings. The first kappa shape index (κ1) is 14.0. The van der Waals surface area contributed by atoms with Crippen LogP contribution in [0.15, 0.2) is 12.4 Å². The van der Waals surface area contributed by atoms with E-state index in [1.807, 2.05) is 20.8 Å². The van der Waals surface area contributed by atoms with Gasteiger partial charge in [0.25, 0.3) is 0 Å². The fourth-order valence-electron chi connectivity index (χ4n) is 1.03. The van der Waals surface area contributed by atoms with Gasteiger partial charge in [-0.25, -0.2) is 14.8 Å². The lowest BCUT2D eigenvalue weighted by Gasteiger charge is -2.18. The molecule has 1 N–H and O–H groups in total. The Kier molecular flexibility index (Phi) is 4.67. The van der Waals surface area contributed by atoms with E-state index in [4.69, 9.17) is 4.74 Å². The van der Waals surface area contributed by atoms with Crippen molar-refractivity contribution in [3.8, 4) is 11.8 Å². The second-order valence-corrected chi connectivity index (χ2v) is 4.68. The summed E-state index contributed by atoms with van der Waals surface area (Å²) >= 11 is 0. The molecule has 5 heteroatoms. The highest BCUT2D eigenvalue weighted by Gasteiger charge is 2.14. The lowest BCUT2D eigenvalue weighted by Crippen LogP contribution is -2.32. The Morgan fingerprint density at radius 2 is 2.00 bits per heavy atom. The fourth-order valence-corrected chi connectivity index (χ4v) is 1.03. The van der Waals surface area contributed by atoms with Crippen LogP contribution in [0.2, 0.25) is 0 Å². The van der Waals surface area contributed by atoms with Gasteiger partial charge < -0.3 is 10.1 Å². The summed E-state index contributed by atoms with van der Waals surface area (Å²) in [5, 5.41) is 2.55. The Morgan fingerprint density at radius 1 is 1.39 bits per heavy atom. The molecule has 0 aromatic carbocycles. The molecular formula is C13H17N3O2. The second-order valence-electron chi connectivity index (χ2n) is 4.68. The van der Waals surface area contributed by atoms with Gasteiger partial charge in [0, 0.05) is 12.4 Å². The minimum Gasteiger partial charge on any atom is -0.444 e. The third-order valence-electron chi connectivity index (χ3n) is 1.73. The number of nitrogens with zero attached hydrogens (tertiary/aromatic N) is 2. The van der Waals surface area contributed by atoms with Gasteiger partial charge in [0.1, 0.15) is 11.4 Å². The SMILES string of the molecule is Cc1ncc(C#CCNC(=O)OC(C)(C)C)cn1. The number of hydrogen-bond donors (Lipinski definition) is 1. The van der Waals surface area contributed by atoms with E-state index in [9.17, 15) is 4.79 Å². The number of aryl methyl sites for hydroxylation is 1. The van der Waals surface area contributed by atoms with Crippen molar-refractivity contribution in [1.29, 1.82) is 0 Å². The van der Waals surface area contributed by atoms with Gasteiger partial charge in [0.05, 0.1) is 12.1 Å². The van der Waals surface area contributed by atoms with Gasteiger partial charge >= 0.3 is 6.09 Å². The van der Waals surface area contributed by atoms with Gasteiger partial charge in [-0.3, -0.25) is 0 Å². The fraction of sp³-hybridized carbons (Fsp3) is 0.462. The molecule has 0 fully saturated rings. The van der Waals surface area contributed by atoms with Gasteiger partial charge in [-0.05, 0) is 27.7 Å². The number of aromatic nitrogens is 2. The first-order valence-electron chi connectivity index (χ1n) is 5.61. The summed E-state index contributed by atoms with van der Waals surface area (Å²) in [6, 6.07) is 0. The molecule has 1 amide bonds. The van der Waals surface area contributed by atoms with Crippen LogP contribution >= 0.6 is 0 Å². The maximum atomic E-state index is 11.3. The molecular weight excluding hydrogens is 230 g/mol. The summed E-state index contributed by atoms with van der Waals surface area (Å²) in [5.74, 6) is 6.34. The van der Waals surface area contributed by atoms with E-state index in [0.29, 0.717) is 11.4 Å². The zero-order chi connectivity index (χ0) is 13.6. The smallest absolute Gasteiger partial charge is 0.408 e. The molecule has 0 saturated heterocycles. The molecule has 0 spiro atoms. The van der Waals surface area contributed by atoms with Crippen LogP contribution in [0.4, 0.5) is 4.79 Å². The molecule has 0 atom stereocenters. The maximum Gasteiger partial charge on any atom is 0.408 e. The number of carbonyl (C=O) groups excluding carboxylic acids is 1. The summed E-state index contributed by atoms with van der Waals surface area (Å²) < 4.78 is 5.06. The standard InChI is InChI=1S/C13H17N3O2/c1-10-15-8-11(9-16-10)6-5-7-14-12(17)18-13(2,3)4/h8-9H,7H2,1-4H3,(H,14,17). The zero-order valence-electron chi connectivity index (χ0n) is 11.1. The zero-order valence-corrected chi connectivity index (χ0v) is 11.1. The summed E-state index contributed by atoms with van der Waals surface area (Å²) in [5.41, 5.74) is 0.217. The number of carbonyl (C=O) groups is 1. The van der Waals surface area contributed by atoms with Crippen molar-refractivity contribution in [2.75, 3.05) is 6.54 Å². The van der Waals surface area contributed by atoms with E-state index < -0.39 is 11.7 Å². The topological polar surface area (TPSA) is 64.1 Å². The molecule has 0 aliphatic rings. The third kappa shape index (κ3) is 5.85. The van der Waals surface area contributed by atoms with Crippen molar-refractivity contribution in [2.24, 2.45) is 0 Å². The Hall–Kier alpha value is -2.09. The van der Waals surface area contributed by atoms with Crippen LogP contribution in [-0.4, -0.2) is 28.2 Å². The molecule has 18 heavy (non-hydrogen) atoms. The average molecular weight is 247 g/mol. The first-order valence-corrected chi connectivity index (χ1v) is 5.61. The Labute approximate surface area is 107 Å². The number of alkyl carbamates (subject to hydrolysis) is 1. The molecule has 1 aromatic heterocycles. The van der Waals surface area contributed by atoms with E-state index in [1.165, 1.54) is 0 Å². The van der Waals surface area contributed by atoms with Crippen LogP contribution in [-0.2, 0) is 4.74 Å². The van der Waals surface area contributed by atoms with Crippen molar-refractivity contribution < 1.29 is 9.53 Å². The minimum absolute atomic E-state index is 0.225. The lowest BCUT2D eigenvalue weighted by atomic mass is 10.2. The number of nitrogens with one attached hydrogen (secondary N) is 1. The number of hydrogen-bond acceptors (Lipinski definition) is 4. The molecule has 0 unspecified atom stereocenters. The van der Waals surface area contributed by atoms with Crippen molar-refractivity contribution in [1.82, 2.24) is 15.3 Å². The summed E-state index contributed by atoms with van der Waals surface area (Å²) in [6.45, 7) is 7.45. The Bertz CT molecular complexity index is 464. The largest absolute Gasteiger partial charge is 0.444 e. The van der Waals surface area contributed by atoms with Crippen molar-refractivity contribution >= 4 is 6.09 Å². The second kappa shape index (κ2) is 6.01. The molecule has 1 rings (SSSR count). The van der Waals surface area contributed by atoms with Gasteiger partial charge in [0.15, 0.2) is 0 Å². The van der Waals surface area contributed by atoms with Crippen LogP contribution < -0.4 is 5.32 Å². The number of ether oxygens (including phenoxy) is 1. The van der Waals surface area contributed by atoms with Crippen molar-refractivity contribution in [2.45, 2.75) is 33.3 Å². The molecule has 0 aliphatic heterocycles. The van der Waals surface area contributed by atoms with Gasteiger partial charge in [-0.15, -0.1) is 0 Å². The summed E-state index contributed by atoms with van der Waals surface area (Å²) in [6.07, 6.45) is 2.81. The number of amides is 1. The number of rotatable bonds is 1. The molecule has 0 saturated carbocycles. The molecule has 0 bridgehead atoms. The Balaban J connectivity index is 2.38. The highest BCUT2D eigenvalue weighted by atomic mass is 16.6. The van der Waals surface area contributed by atoms with Crippen LogP contribution in [0.5, 0.6) is 0 Å². The molecule has 96 valence electrons. The van der Waals surface area contributed by atoms with Crippen molar-refractivity contribution in [3.05, 3.63) is 23.8 Å². The monoisotopic (exact) mass is 247 g/mol. The van der Waals surface area contributed by atoms with Crippen LogP contribution in [0, 0.1) is 18.8 Å². The average Bonchev–Trinajstić information content (AvgIpc) is 2.24. The quantitative estimate of drug-likeness (QED) is 0.766. The minimum atomic E-state index is -0.498. The maximum absolute atomic E-state index is 11.3. The molecule has 5 nitrogen and oxygen atoms in total. The molecule has 0 radical (unpaired) electrons. The molecule has 1 heterocycles. The van der Waals surface area contributed by atoms with Crippen LogP contribution in [0.25, 0.3) is 0 Å². The van der Waals surface area contributed by atoms with E-state index in [2.05, 4.69) is 27.1 Å². The van der Waals surface area contributed by atoms with Crippen LogP contribution in [0.3, 0.4) is 0 Å². The predicted octanol–water partition coefficient (Wildman–Crippen LogP) is 1.66. The van der Waals surface area contributed by atoms with Crippen molar-refractivity contribution in [3.63, 3.8) is 0 Å². The van der Waals surface area contributed by atoms with E-state index in [-0.39, 0.29) is 6.54 Å². The Morgan fingerprint density at radius 3 is 2.56 bits per heavy atom. The first-order chi connectivity index (χ1) is 8.37. The van der Waals surface area contributed by atoms with E-state index in [1.54, 1.807) is 19.3 Å². The van der Waals surface area contributed by atoms with E-state index >= 15 is 0 Å². The van der Waals surface area contributed by atoms with E-state index in [0.717, 1.165) is 0 Å². The summed E-state index contributed by atoms with van der Waals surface area (Å²) in [7, 11) is 0. The highest BCUT2D eigenvalue weighted by Crippen LogP contribution is 2.05. The highest BCUT2D eigenvalue weighted by molar-refractivity contribution is 5.68. The normalized spacial score (nSPS) is 10.2. The third-order valence-corrected chi connectivity index (χ3v) is 1.73. The molecule has 0 aliphatic carbocycles. The lowest BCUT2D eigenvalue weighted by molar-refractivity contribution is 0.0535. The van der Waals surface area contributed by atoms with Gasteiger partial charge in [0.2, 0.25) is 0 Å². The predicted molar refractivity (Wildman–Crippen MR) is 67.9 cm³/mol. The van der Waals surface area contributed by atoms with Gasteiger partial charge in [-0.1, -0.05) is 11.8 Å². The van der Waals surface area contributed by atoms with Crippen LogP contribution in [0.1, 0.15) is 32.2 Å².